The van der Waals surface area contributed by atoms with Gasteiger partial charge in [-0.2, -0.15) is 0 Å². The van der Waals surface area contributed by atoms with Crippen LogP contribution < -0.4 is 4.90 Å². The molecule has 0 unspecified atom stereocenters. The Morgan fingerprint density at radius 1 is 1.30 bits per heavy atom. The van der Waals surface area contributed by atoms with Crippen molar-refractivity contribution in [2.24, 2.45) is 0 Å². The summed E-state index contributed by atoms with van der Waals surface area (Å²) in [6.45, 7) is 0. The molecule has 0 saturated carbocycles. The van der Waals surface area contributed by atoms with Crippen molar-refractivity contribution >= 4 is 28.9 Å². The molecule has 0 aliphatic carbocycles. The van der Waals surface area contributed by atoms with Gasteiger partial charge in [0, 0.05) is 31.1 Å². The molecule has 1 aromatic heterocycles. The number of benzene rings is 1. The fraction of sp³-hybridized carbons (Fsp3) is 0.0769. The van der Waals surface area contributed by atoms with Gasteiger partial charge in [0.15, 0.2) is 0 Å². The normalized spacial score (nSPS) is 10.1. The number of pyridine rings is 1. The molecule has 0 saturated heterocycles. The number of carbonyl (C=O) groups excluding carboxylic acids is 1. The van der Waals surface area contributed by atoms with E-state index in [1.807, 2.05) is 0 Å². The molecule has 0 bridgehead atoms. The number of rotatable bonds is 3. The Morgan fingerprint density at radius 3 is 2.50 bits per heavy atom. The molecule has 0 N–H and O–H groups in total. The summed E-state index contributed by atoms with van der Waals surface area (Å²) in [5.41, 5.74) is 0.768. The van der Waals surface area contributed by atoms with Crippen LogP contribution in [0.4, 0.5) is 11.4 Å². The minimum atomic E-state index is -0.496. The van der Waals surface area contributed by atoms with Crippen LogP contribution in [0.25, 0.3) is 0 Å². The highest BCUT2D eigenvalue weighted by Crippen LogP contribution is 2.21. The van der Waals surface area contributed by atoms with Gasteiger partial charge >= 0.3 is 0 Å². The molecule has 20 heavy (non-hydrogen) atoms. The van der Waals surface area contributed by atoms with Crippen LogP contribution in [0.2, 0.25) is 5.15 Å². The SMILES string of the molecule is CN(C(=O)c1cccnc1Cl)c1ccc([N+](=O)[O-])cc1. The van der Waals surface area contributed by atoms with Gasteiger partial charge in [-0.1, -0.05) is 11.6 Å². The predicted octanol–water partition coefficient (Wildman–Crippen LogP) is 2.92. The number of nitro benzene ring substituents is 1. The Hall–Kier alpha value is -2.47. The molecule has 0 aliphatic rings. The summed E-state index contributed by atoms with van der Waals surface area (Å²) in [4.78, 5) is 27.5. The van der Waals surface area contributed by atoms with Crippen LogP contribution in [0.1, 0.15) is 10.4 Å². The van der Waals surface area contributed by atoms with Crippen molar-refractivity contribution in [3.8, 4) is 0 Å². The highest BCUT2D eigenvalue weighted by atomic mass is 35.5. The maximum Gasteiger partial charge on any atom is 0.269 e. The van der Waals surface area contributed by atoms with E-state index in [1.165, 1.54) is 35.4 Å². The van der Waals surface area contributed by atoms with Gasteiger partial charge in [-0.25, -0.2) is 4.98 Å². The maximum atomic E-state index is 12.3. The molecule has 102 valence electrons. The van der Waals surface area contributed by atoms with Gasteiger partial charge in [-0.15, -0.1) is 0 Å². The van der Waals surface area contributed by atoms with Crippen molar-refractivity contribution < 1.29 is 9.72 Å². The van der Waals surface area contributed by atoms with Gasteiger partial charge in [0.05, 0.1) is 10.5 Å². The minimum absolute atomic E-state index is 0.0333. The molecule has 1 heterocycles. The lowest BCUT2D eigenvalue weighted by Gasteiger charge is -2.17. The van der Waals surface area contributed by atoms with E-state index in [0.717, 1.165) is 0 Å². The Morgan fingerprint density at radius 2 is 1.95 bits per heavy atom. The third-order valence-corrected chi connectivity index (χ3v) is 3.04. The van der Waals surface area contributed by atoms with Crippen molar-refractivity contribution in [3.05, 3.63) is 63.4 Å². The van der Waals surface area contributed by atoms with Crippen LogP contribution in [0.3, 0.4) is 0 Å². The summed E-state index contributed by atoms with van der Waals surface area (Å²) >= 11 is 5.87. The Labute approximate surface area is 119 Å². The number of nitro groups is 1. The summed E-state index contributed by atoms with van der Waals surface area (Å²) in [5, 5.41) is 10.7. The van der Waals surface area contributed by atoms with E-state index in [1.54, 1.807) is 19.2 Å². The molecule has 0 aliphatic heterocycles. The topological polar surface area (TPSA) is 76.3 Å². The van der Waals surface area contributed by atoms with E-state index >= 15 is 0 Å². The van der Waals surface area contributed by atoms with Crippen LogP contribution in [-0.2, 0) is 0 Å². The third-order valence-electron chi connectivity index (χ3n) is 2.74. The van der Waals surface area contributed by atoms with E-state index in [2.05, 4.69) is 4.98 Å². The van der Waals surface area contributed by atoms with Crippen LogP contribution in [-0.4, -0.2) is 22.9 Å². The highest BCUT2D eigenvalue weighted by molar-refractivity contribution is 6.33. The lowest BCUT2D eigenvalue weighted by atomic mass is 10.2. The number of halogens is 1. The fourth-order valence-electron chi connectivity index (χ4n) is 1.64. The van der Waals surface area contributed by atoms with E-state index in [-0.39, 0.29) is 22.3 Å². The number of anilines is 1. The molecule has 0 atom stereocenters. The van der Waals surface area contributed by atoms with Crippen molar-refractivity contribution in [2.45, 2.75) is 0 Å². The molecule has 0 radical (unpaired) electrons. The van der Waals surface area contributed by atoms with E-state index in [4.69, 9.17) is 11.6 Å². The number of hydrogen-bond acceptors (Lipinski definition) is 4. The zero-order valence-corrected chi connectivity index (χ0v) is 11.2. The minimum Gasteiger partial charge on any atom is -0.311 e. The summed E-state index contributed by atoms with van der Waals surface area (Å²) in [5.74, 6) is -0.336. The van der Waals surface area contributed by atoms with Gasteiger partial charge in [0.1, 0.15) is 5.15 Å². The Balaban J connectivity index is 2.27. The number of carbonyl (C=O) groups is 1. The number of amides is 1. The number of hydrogen-bond donors (Lipinski definition) is 0. The zero-order valence-electron chi connectivity index (χ0n) is 10.5. The molecule has 0 spiro atoms. The molecular formula is C13H10ClN3O3. The summed E-state index contributed by atoms with van der Waals surface area (Å²) in [7, 11) is 1.56. The van der Waals surface area contributed by atoms with Gasteiger partial charge in [0.25, 0.3) is 11.6 Å². The first kappa shape index (κ1) is 14.0. The number of aromatic nitrogens is 1. The Bertz CT molecular complexity index is 658. The van der Waals surface area contributed by atoms with E-state index < -0.39 is 4.92 Å². The lowest BCUT2D eigenvalue weighted by molar-refractivity contribution is -0.384. The second-order valence-electron chi connectivity index (χ2n) is 3.98. The van der Waals surface area contributed by atoms with Crippen molar-refractivity contribution in [2.75, 3.05) is 11.9 Å². The molecular weight excluding hydrogens is 282 g/mol. The van der Waals surface area contributed by atoms with Crippen LogP contribution in [0, 0.1) is 10.1 Å². The van der Waals surface area contributed by atoms with Gasteiger partial charge in [0.2, 0.25) is 0 Å². The van der Waals surface area contributed by atoms with Crippen molar-refractivity contribution in [1.29, 1.82) is 0 Å². The fourth-order valence-corrected chi connectivity index (χ4v) is 1.84. The largest absolute Gasteiger partial charge is 0.311 e. The zero-order chi connectivity index (χ0) is 14.7. The summed E-state index contributed by atoms with van der Waals surface area (Å²) < 4.78 is 0. The second kappa shape index (κ2) is 5.66. The van der Waals surface area contributed by atoms with Crippen molar-refractivity contribution in [3.63, 3.8) is 0 Å². The molecule has 6 nitrogen and oxygen atoms in total. The maximum absolute atomic E-state index is 12.3. The monoisotopic (exact) mass is 291 g/mol. The van der Waals surface area contributed by atoms with E-state index in [0.29, 0.717) is 5.69 Å². The molecule has 1 amide bonds. The quantitative estimate of drug-likeness (QED) is 0.495. The van der Waals surface area contributed by atoms with Crippen LogP contribution in [0.5, 0.6) is 0 Å². The molecule has 0 fully saturated rings. The first-order chi connectivity index (χ1) is 9.50. The second-order valence-corrected chi connectivity index (χ2v) is 4.34. The first-order valence-electron chi connectivity index (χ1n) is 5.63. The number of non-ortho nitro benzene ring substituents is 1. The number of nitrogens with zero attached hydrogens (tertiary/aromatic N) is 3. The molecule has 1 aromatic carbocycles. The third kappa shape index (κ3) is 2.75. The first-order valence-corrected chi connectivity index (χ1v) is 6.01. The summed E-state index contributed by atoms with van der Waals surface area (Å²) in [6.07, 6.45) is 1.49. The summed E-state index contributed by atoms with van der Waals surface area (Å²) in [6, 6.07) is 8.86. The average molecular weight is 292 g/mol. The van der Waals surface area contributed by atoms with Crippen LogP contribution >= 0.6 is 11.6 Å². The lowest BCUT2D eigenvalue weighted by Crippen LogP contribution is -2.26. The average Bonchev–Trinajstić information content (AvgIpc) is 2.46. The van der Waals surface area contributed by atoms with Crippen molar-refractivity contribution in [1.82, 2.24) is 4.98 Å². The Kier molecular flexibility index (Phi) is 3.95. The smallest absolute Gasteiger partial charge is 0.269 e. The molecule has 7 heteroatoms. The van der Waals surface area contributed by atoms with Gasteiger partial charge in [-0.05, 0) is 24.3 Å². The van der Waals surface area contributed by atoms with Gasteiger partial charge in [-0.3, -0.25) is 14.9 Å². The standard InChI is InChI=1S/C13H10ClN3O3/c1-16(9-4-6-10(7-5-9)17(19)20)13(18)11-3-2-8-15-12(11)14/h2-8H,1H3. The molecule has 2 rings (SSSR count). The highest BCUT2D eigenvalue weighted by Gasteiger charge is 2.17. The van der Waals surface area contributed by atoms with E-state index in [9.17, 15) is 14.9 Å². The molecule has 2 aromatic rings. The predicted molar refractivity (Wildman–Crippen MR) is 75.1 cm³/mol. The van der Waals surface area contributed by atoms with Gasteiger partial charge < -0.3 is 4.90 Å². The van der Waals surface area contributed by atoms with Crippen LogP contribution in [0.15, 0.2) is 42.6 Å².